The highest BCUT2D eigenvalue weighted by Gasteiger charge is 2.27. The maximum atomic E-state index is 13.0. The van der Waals surface area contributed by atoms with Gasteiger partial charge in [-0.3, -0.25) is 9.59 Å². The third-order valence-electron chi connectivity index (χ3n) is 4.74. The normalized spacial score (nSPS) is 13.5. The fraction of sp³-hybridized carbons (Fsp3) is 0.364. The van der Waals surface area contributed by atoms with Gasteiger partial charge in [-0.15, -0.1) is 0 Å². The number of ketones is 1. The third-order valence-corrected chi connectivity index (χ3v) is 4.74. The van der Waals surface area contributed by atoms with E-state index in [4.69, 9.17) is 4.74 Å². The molecular formula is C22H25NO3. The van der Waals surface area contributed by atoms with Crippen LogP contribution < -0.4 is 0 Å². The molecule has 0 radical (unpaired) electrons. The number of hydrogen-bond acceptors (Lipinski definition) is 3. The van der Waals surface area contributed by atoms with Crippen molar-refractivity contribution in [2.24, 2.45) is 5.92 Å². The second-order valence-electron chi connectivity index (χ2n) is 6.91. The van der Waals surface area contributed by atoms with Crippen LogP contribution in [0.2, 0.25) is 0 Å². The number of benzene rings is 2. The molecule has 4 heteroatoms. The molecule has 0 bridgehead atoms. The number of amides is 1. The summed E-state index contributed by atoms with van der Waals surface area (Å²) < 4.78 is 5.16. The zero-order chi connectivity index (χ0) is 18.5. The van der Waals surface area contributed by atoms with Crippen molar-refractivity contribution in [2.75, 3.05) is 26.8 Å². The van der Waals surface area contributed by atoms with Crippen molar-refractivity contribution in [3.05, 3.63) is 59.7 Å². The van der Waals surface area contributed by atoms with Gasteiger partial charge in [0.15, 0.2) is 5.78 Å². The second-order valence-corrected chi connectivity index (χ2v) is 6.91. The van der Waals surface area contributed by atoms with E-state index in [1.807, 2.05) is 53.4 Å². The molecule has 0 atom stereocenters. The molecule has 2 aromatic rings. The lowest BCUT2D eigenvalue weighted by Gasteiger charge is -2.22. The molecule has 136 valence electrons. The van der Waals surface area contributed by atoms with Crippen LogP contribution in [0.3, 0.4) is 0 Å². The molecular weight excluding hydrogens is 326 g/mol. The zero-order valence-electron chi connectivity index (χ0n) is 15.4. The van der Waals surface area contributed by atoms with Crippen molar-refractivity contribution in [2.45, 2.75) is 19.8 Å². The molecule has 1 amide bonds. The molecule has 0 unspecified atom stereocenters. The molecule has 0 heterocycles. The quantitative estimate of drug-likeness (QED) is 0.674. The van der Waals surface area contributed by atoms with Crippen LogP contribution in [0.4, 0.5) is 0 Å². The Bertz CT molecular complexity index is 795. The second kappa shape index (κ2) is 8.28. The Morgan fingerprint density at radius 3 is 2.23 bits per heavy atom. The average molecular weight is 351 g/mol. The van der Waals surface area contributed by atoms with Gasteiger partial charge in [-0.1, -0.05) is 30.3 Å². The molecule has 1 saturated carbocycles. The summed E-state index contributed by atoms with van der Waals surface area (Å²) in [7, 11) is 1.66. The number of methoxy groups -OCH3 is 1. The number of carbonyl (C=O) groups excluding carboxylic acids is 2. The number of rotatable bonds is 8. The van der Waals surface area contributed by atoms with Crippen molar-refractivity contribution in [1.82, 2.24) is 4.90 Å². The maximum absolute atomic E-state index is 13.0. The summed E-state index contributed by atoms with van der Waals surface area (Å²) in [6.45, 7) is 3.51. The summed E-state index contributed by atoms with van der Waals surface area (Å²) in [5.74, 6) is 0.707. The lowest BCUT2D eigenvalue weighted by molar-refractivity contribution is 0.0686. The van der Waals surface area contributed by atoms with E-state index in [1.165, 1.54) is 12.8 Å². The summed E-state index contributed by atoms with van der Waals surface area (Å²) in [5.41, 5.74) is 3.23. The van der Waals surface area contributed by atoms with Crippen molar-refractivity contribution < 1.29 is 14.3 Å². The highest BCUT2D eigenvalue weighted by molar-refractivity contribution is 5.97. The summed E-state index contributed by atoms with van der Waals surface area (Å²) in [5, 5.41) is 0. The Kier molecular flexibility index (Phi) is 5.84. The largest absolute Gasteiger partial charge is 0.383 e. The van der Waals surface area contributed by atoms with Crippen LogP contribution in [-0.4, -0.2) is 43.4 Å². The van der Waals surface area contributed by atoms with Gasteiger partial charge in [0.2, 0.25) is 0 Å². The van der Waals surface area contributed by atoms with Crippen LogP contribution >= 0.6 is 0 Å². The van der Waals surface area contributed by atoms with Crippen LogP contribution in [0.15, 0.2) is 48.5 Å². The van der Waals surface area contributed by atoms with E-state index >= 15 is 0 Å². The first-order valence-electron chi connectivity index (χ1n) is 9.08. The summed E-state index contributed by atoms with van der Waals surface area (Å²) in [6, 6.07) is 15.1. The fourth-order valence-electron chi connectivity index (χ4n) is 3.02. The number of Topliss-reactive ketones (excluding diaryl/α,β-unsaturated/α-hetero) is 1. The highest BCUT2D eigenvalue weighted by atomic mass is 16.5. The van der Waals surface area contributed by atoms with Gasteiger partial charge < -0.3 is 9.64 Å². The first-order valence-corrected chi connectivity index (χ1v) is 9.08. The maximum Gasteiger partial charge on any atom is 0.253 e. The molecule has 4 nitrogen and oxygen atoms in total. The van der Waals surface area contributed by atoms with E-state index in [0.717, 1.165) is 17.7 Å². The number of nitrogens with zero attached hydrogens (tertiary/aromatic N) is 1. The van der Waals surface area contributed by atoms with Gasteiger partial charge >= 0.3 is 0 Å². The predicted molar refractivity (Wildman–Crippen MR) is 102 cm³/mol. The minimum atomic E-state index is 0.0363. The van der Waals surface area contributed by atoms with Gasteiger partial charge in [-0.05, 0) is 55.0 Å². The zero-order valence-corrected chi connectivity index (χ0v) is 15.4. The van der Waals surface area contributed by atoms with E-state index in [9.17, 15) is 9.59 Å². The SMILES string of the molecule is COCCN(CC1CC1)C(=O)c1cccc(-c2cccc(C(C)=O)c2)c1. The smallest absolute Gasteiger partial charge is 0.253 e. The first kappa shape index (κ1) is 18.3. The van der Waals surface area contributed by atoms with E-state index in [1.54, 1.807) is 14.0 Å². The molecule has 0 aromatic heterocycles. The lowest BCUT2D eigenvalue weighted by atomic mass is 9.99. The lowest BCUT2D eigenvalue weighted by Crippen LogP contribution is -2.35. The molecule has 0 saturated heterocycles. The average Bonchev–Trinajstić information content (AvgIpc) is 3.49. The molecule has 1 fully saturated rings. The van der Waals surface area contributed by atoms with E-state index in [0.29, 0.717) is 30.2 Å². The Morgan fingerprint density at radius 2 is 1.65 bits per heavy atom. The van der Waals surface area contributed by atoms with Crippen LogP contribution in [0, 0.1) is 5.92 Å². The van der Waals surface area contributed by atoms with Crippen molar-refractivity contribution >= 4 is 11.7 Å². The van der Waals surface area contributed by atoms with Crippen LogP contribution in [0.1, 0.15) is 40.5 Å². The Balaban J connectivity index is 1.84. The molecule has 26 heavy (non-hydrogen) atoms. The van der Waals surface area contributed by atoms with Gasteiger partial charge in [-0.25, -0.2) is 0 Å². The number of hydrogen-bond donors (Lipinski definition) is 0. The summed E-state index contributed by atoms with van der Waals surface area (Å²) >= 11 is 0. The van der Waals surface area contributed by atoms with Gasteiger partial charge in [0.05, 0.1) is 6.61 Å². The Labute approximate surface area is 154 Å². The summed E-state index contributed by atoms with van der Waals surface area (Å²) in [6.07, 6.45) is 2.41. The molecule has 0 spiro atoms. The van der Waals surface area contributed by atoms with Crippen LogP contribution in [0.25, 0.3) is 11.1 Å². The molecule has 0 aliphatic heterocycles. The molecule has 0 N–H and O–H groups in total. The topological polar surface area (TPSA) is 46.6 Å². The first-order chi connectivity index (χ1) is 12.6. The molecule has 1 aliphatic rings. The molecule has 2 aromatic carbocycles. The fourth-order valence-corrected chi connectivity index (χ4v) is 3.02. The van der Waals surface area contributed by atoms with Crippen LogP contribution in [0.5, 0.6) is 0 Å². The van der Waals surface area contributed by atoms with Gasteiger partial charge in [0.25, 0.3) is 5.91 Å². The van der Waals surface area contributed by atoms with E-state index in [-0.39, 0.29) is 11.7 Å². The number of carbonyl (C=O) groups is 2. The summed E-state index contributed by atoms with van der Waals surface area (Å²) in [4.78, 5) is 26.5. The molecule has 3 rings (SSSR count). The highest BCUT2D eigenvalue weighted by Crippen LogP contribution is 2.30. The van der Waals surface area contributed by atoms with Crippen molar-refractivity contribution in [3.8, 4) is 11.1 Å². The minimum absolute atomic E-state index is 0.0363. The van der Waals surface area contributed by atoms with Crippen LogP contribution in [-0.2, 0) is 4.74 Å². The Morgan fingerprint density at radius 1 is 1.04 bits per heavy atom. The standard InChI is InChI=1S/C22H25NO3/c1-16(24)18-5-3-6-19(13-18)20-7-4-8-21(14-20)22(25)23(11-12-26-2)15-17-9-10-17/h3-8,13-14,17H,9-12,15H2,1-2H3. The number of ether oxygens (including phenoxy) is 1. The van der Waals surface area contributed by atoms with Crippen molar-refractivity contribution in [1.29, 1.82) is 0 Å². The van der Waals surface area contributed by atoms with E-state index < -0.39 is 0 Å². The van der Waals surface area contributed by atoms with Gasteiger partial charge in [-0.2, -0.15) is 0 Å². The van der Waals surface area contributed by atoms with E-state index in [2.05, 4.69) is 0 Å². The van der Waals surface area contributed by atoms with Gasteiger partial charge in [0, 0.05) is 31.3 Å². The predicted octanol–water partition coefficient (Wildman–Crippen LogP) is 4.05. The monoisotopic (exact) mass is 351 g/mol. The third kappa shape index (κ3) is 4.58. The van der Waals surface area contributed by atoms with Crippen molar-refractivity contribution in [3.63, 3.8) is 0 Å². The van der Waals surface area contributed by atoms with Gasteiger partial charge in [0.1, 0.15) is 0 Å². The molecule has 1 aliphatic carbocycles. The Hall–Kier alpha value is -2.46. The minimum Gasteiger partial charge on any atom is -0.383 e.